The minimum Gasteiger partial charge on any atom is -0.321 e. The van der Waals surface area contributed by atoms with E-state index in [-0.39, 0.29) is 11.8 Å². The number of carbonyl (C=O) groups excluding carboxylic acids is 1. The third kappa shape index (κ3) is 2.09. The van der Waals surface area contributed by atoms with E-state index in [1.807, 2.05) is 32.4 Å². The average molecular weight is 209 g/mol. The predicted molar refractivity (Wildman–Crippen MR) is 60.1 cm³/mol. The number of aromatic nitrogens is 2. The predicted octanol–water partition coefficient (Wildman–Crippen LogP) is 1.61. The molecule has 2 N–H and O–H groups in total. The lowest BCUT2D eigenvalue weighted by Crippen LogP contribution is -2.27. The molecule has 1 atom stereocenters. The molecule has 1 heterocycles. The highest BCUT2D eigenvalue weighted by atomic mass is 16.1. The first-order valence-corrected chi connectivity index (χ1v) is 5.21. The molecule has 0 fully saturated rings. The number of rotatable bonds is 3. The van der Waals surface area contributed by atoms with Crippen molar-refractivity contribution < 1.29 is 4.79 Å². The molecule has 0 amide bonds. The summed E-state index contributed by atoms with van der Waals surface area (Å²) in [4.78, 5) is 11.8. The molecule has 4 heteroatoms. The molecule has 1 unspecified atom stereocenters. The largest absolute Gasteiger partial charge is 0.321 e. The molecule has 0 saturated carbocycles. The van der Waals surface area contributed by atoms with E-state index in [4.69, 9.17) is 5.73 Å². The molecule has 84 valence electrons. The van der Waals surface area contributed by atoms with Crippen LogP contribution in [0.2, 0.25) is 0 Å². The maximum atomic E-state index is 11.8. The quantitative estimate of drug-likeness (QED) is 0.769. The normalized spacial score (nSPS) is 13.3. The maximum absolute atomic E-state index is 11.8. The van der Waals surface area contributed by atoms with Gasteiger partial charge in [-0.05, 0) is 34.6 Å². The van der Waals surface area contributed by atoms with Gasteiger partial charge in [0, 0.05) is 11.7 Å². The third-order valence-corrected chi connectivity index (χ3v) is 2.47. The molecule has 0 radical (unpaired) electrons. The number of aryl methyl sites for hydroxylation is 1. The molecule has 0 aliphatic heterocycles. The van der Waals surface area contributed by atoms with E-state index in [1.54, 1.807) is 6.92 Å². The van der Waals surface area contributed by atoms with Crippen LogP contribution in [0, 0.1) is 13.8 Å². The molecule has 1 rings (SSSR count). The van der Waals surface area contributed by atoms with Crippen LogP contribution in [0.4, 0.5) is 0 Å². The van der Waals surface area contributed by atoms with E-state index < -0.39 is 6.04 Å². The highest BCUT2D eigenvalue weighted by molar-refractivity contribution is 6.01. The highest BCUT2D eigenvalue weighted by Crippen LogP contribution is 2.18. The molecule has 0 aromatic carbocycles. The molecule has 1 aromatic heterocycles. The van der Waals surface area contributed by atoms with Crippen LogP contribution in [0.15, 0.2) is 0 Å². The Morgan fingerprint density at radius 2 is 1.87 bits per heavy atom. The van der Waals surface area contributed by atoms with Gasteiger partial charge in [0.05, 0.1) is 17.3 Å². The summed E-state index contributed by atoms with van der Waals surface area (Å²) >= 11 is 0. The summed E-state index contributed by atoms with van der Waals surface area (Å²) in [6.45, 7) is 9.55. The lowest BCUT2D eigenvalue weighted by molar-refractivity contribution is 0.0966. The number of nitrogens with zero attached hydrogens (tertiary/aromatic N) is 2. The van der Waals surface area contributed by atoms with Gasteiger partial charge in [-0.2, -0.15) is 5.10 Å². The monoisotopic (exact) mass is 209 g/mol. The first-order chi connectivity index (χ1) is 6.86. The standard InChI is InChI=1S/C11H19N3O/c1-6(2)14-9(5)10(8(4)13-14)11(15)7(3)12/h6-7H,12H2,1-5H3. The van der Waals surface area contributed by atoms with Gasteiger partial charge in [-0.25, -0.2) is 0 Å². The number of hydrogen-bond acceptors (Lipinski definition) is 3. The Balaban J connectivity index is 3.25. The summed E-state index contributed by atoms with van der Waals surface area (Å²) in [6, 6.07) is -0.203. The van der Waals surface area contributed by atoms with Gasteiger partial charge in [0.25, 0.3) is 0 Å². The van der Waals surface area contributed by atoms with Crippen molar-refractivity contribution in [1.82, 2.24) is 9.78 Å². The molecule has 0 aliphatic rings. The van der Waals surface area contributed by atoms with E-state index in [1.165, 1.54) is 0 Å². The topological polar surface area (TPSA) is 60.9 Å². The summed E-state index contributed by atoms with van der Waals surface area (Å²) in [5.74, 6) is -0.0306. The second-order valence-electron chi connectivity index (χ2n) is 4.24. The second-order valence-corrected chi connectivity index (χ2v) is 4.24. The fourth-order valence-corrected chi connectivity index (χ4v) is 1.75. The smallest absolute Gasteiger partial charge is 0.182 e. The number of nitrogens with two attached hydrogens (primary N) is 1. The molecule has 0 spiro atoms. The molecular weight excluding hydrogens is 190 g/mol. The van der Waals surface area contributed by atoms with Gasteiger partial charge in [0.2, 0.25) is 0 Å². The van der Waals surface area contributed by atoms with Crippen LogP contribution in [0.5, 0.6) is 0 Å². The van der Waals surface area contributed by atoms with Gasteiger partial charge in [-0.15, -0.1) is 0 Å². The van der Waals surface area contributed by atoms with Crippen LogP contribution in [-0.4, -0.2) is 21.6 Å². The molecule has 0 bridgehead atoms. The Labute approximate surface area is 90.5 Å². The first-order valence-electron chi connectivity index (χ1n) is 5.21. The fourth-order valence-electron chi connectivity index (χ4n) is 1.75. The number of hydrogen-bond donors (Lipinski definition) is 1. The zero-order valence-corrected chi connectivity index (χ0v) is 10.0. The average Bonchev–Trinajstić information content (AvgIpc) is 2.41. The van der Waals surface area contributed by atoms with Crippen LogP contribution in [0.25, 0.3) is 0 Å². The molecule has 0 aliphatic carbocycles. The lowest BCUT2D eigenvalue weighted by atomic mass is 10.0. The van der Waals surface area contributed by atoms with Crippen LogP contribution in [-0.2, 0) is 0 Å². The van der Waals surface area contributed by atoms with Crippen molar-refractivity contribution in [1.29, 1.82) is 0 Å². The van der Waals surface area contributed by atoms with Gasteiger partial charge in [-0.1, -0.05) is 0 Å². The van der Waals surface area contributed by atoms with E-state index in [0.29, 0.717) is 5.56 Å². The number of Topliss-reactive ketones (excluding diaryl/α,β-unsaturated/α-hetero) is 1. The van der Waals surface area contributed by atoms with E-state index >= 15 is 0 Å². The Morgan fingerprint density at radius 3 is 2.20 bits per heavy atom. The van der Waals surface area contributed by atoms with E-state index in [9.17, 15) is 4.79 Å². The van der Waals surface area contributed by atoms with Crippen LogP contribution < -0.4 is 5.73 Å². The van der Waals surface area contributed by atoms with E-state index in [0.717, 1.165) is 11.4 Å². The first kappa shape index (κ1) is 11.9. The molecular formula is C11H19N3O. The Hall–Kier alpha value is -1.16. The van der Waals surface area contributed by atoms with Crippen molar-refractivity contribution in [2.45, 2.75) is 46.7 Å². The van der Waals surface area contributed by atoms with Gasteiger partial charge < -0.3 is 5.73 Å². The molecule has 4 nitrogen and oxygen atoms in total. The fraction of sp³-hybridized carbons (Fsp3) is 0.636. The van der Waals surface area contributed by atoms with Crippen molar-refractivity contribution in [2.24, 2.45) is 5.73 Å². The molecule has 0 saturated heterocycles. The Bertz CT molecular complexity index is 377. The van der Waals surface area contributed by atoms with Crippen molar-refractivity contribution in [3.63, 3.8) is 0 Å². The number of carbonyl (C=O) groups is 1. The molecule has 15 heavy (non-hydrogen) atoms. The van der Waals surface area contributed by atoms with Gasteiger partial charge in [0.15, 0.2) is 5.78 Å². The zero-order valence-electron chi connectivity index (χ0n) is 10.0. The molecule has 1 aromatic rings. The summed E-state index contributed by atoms with van der Waals surface area (Å²) in [6.07, 6.45) is 0. The van der Waals surface area contributed by atoms with Crippen molar-refractivity contribution in [3.05, 3.63) is 17.0 Å². The lowest BCUT2D eigenvalue weighted by Gasteiger charge is -2.09. The van der Waals surface area contributed by atoms with Crippen molar-refractivity contribution in [3.8, 4) is 0 Å². The SMILES string of the molecule is Cc1nn(C(C)C)c(C)c1C(=O)C(C)N. The highest BCUT2D eigenvalue weighted by Gasteiger charge is 2.21. The van der Waals surface area contributed by atoms with Crippen molar-refractivity contribution in [2.75, 3.05) is 0 Å². The Kier molecular flexibility index (Phi) is 3.29. The van der Waals surface area contributed by atoms with Gasteiger partial charge >= 0.3 is 0 Å². The minimum absolute atomic E-state index is 0.0306. The van der Waals surface area contributed by atoms with Gasteiger partial charge in [-0.3, -0.25) is 9.48 Å². The van der Waals surface area contributed by atoms with Crippen LogP contribution in [0.1, 0.15) is 48.6 Å². The number of ketones is 1. The van der Waals surface area contributed by atoms with E-state index in [2.05, 4.69) is 5.10 Å². The third-order valence-electron chi connectivity index (χ3n) is 2.47. The van der Waals surface area contributed by atoms with Crippen molar-refractivity contribution >= 4 is 5.78 Å². The Morgan fingerprint density at radius 1 is 1.33 bits per heavy atom. The summed E-state index contributed by atoms with van der Waals surface area (Å²) in [5.41, 5.74) is 7.96. The zero-order chi connectivity index (χ0) is 11.7. The van der Waals surface area contributed by atoms with Crippen LogP contribution in [0.3, 0.4) is 0 Å². The van der Waals surface area contributed by atoms with Crippen LogP contribution >= 0.6 is 0 Å². The summed E-state index contributed by atoms with van der Waals surface area (Å²) in [7, 11) is 0. The minimum atomic E-state index is -0.466. The summed E-state index contributed by atoms with van der Waals surface area (Å²) < 4.78 is 1.87. The maximum Gasteiger partial charge on any atom is 0.182 e. The summed E-state index contributed by atoms with van der Waals surface area (Å²) in [5, 5.41) is 4.35. The van der Waals surface area contributed by atoms with Gasteiger partial charge in [0.1, 0.15) is 0 Å². The second kappa shape index (κ2) is 4.14.